The maximum Gasteiger partial charge on any atom is 0.0223 e. The van der Waals surface area contributed by atoms with Crippen LogP contribution >= 0.6 is 0 Å². The van der Waals surface area contributed by atoms with Gasteiger partial charge in [-0.1, -0.05) is 98.8 Å². The molecule has 0 aliphatic carbocycles. The average Bonchev–Trinajstić information content (AvgIpc) is 2.71. The molecule has 0 amide bonds. The number of nitrogens with zero attached hydrogens (tertiary/aromatic N) is 2. The molecule has 0 saturated heterocycles. The van der Waals surface area contributed by atoms with Crippen molar-refractivity contribution >= 4 is 0 Å². The van der Waals surface area contributed by atoms with E-state index in [0.29, 0.717) is 0 Å². The van der Waals surface area contributed by atoms with Crippen LogP contribution in [0.3, 0.4) is 0 Å². The molecule has 0 radical (unpaired) electrons. The third kappa shape index (κ3) is 15.8. The van der Waals surface area contributed by atoms with Gasteiger partial charge < -0.3 is 4.90 Å². The topological polar surface area (TPSA) is 6.48 Å². The van der Waals surface area contributed by atoms with Gasteiger partial charge in [0.1, 0.15) is 0 Å². The zero-order valence-electron chi connectivity index (χ0n) is 20.6. The third-order valence-electron chi connectivity index (χ3n) is 6.13. The molecule has 0 aromatic heterocycles. The van der Waals surface area contributed by atoms with Crippen LogP contribution in [0.5, 0.6) is 0 Å². The molecule has 0 aromatic rings. The molecule has 0 aromatic carbocycles. The fraction of sp³-hybridized carbons (Fsp3) is 1.00. The Morgan fingerprint density at radius 1 is 0.464 bits per heavy atom. The monoisotopic (exact) mass is 396 g/mol. The van der Waals surface area contributed by atoms with Gasteiger partial charge in [0.05, 0.1) is 0 Å². The molecule has 1 atom stereocenters. The number of hydrogen-bond donors (Lipinski definition) is 0. The van der Waals surface area contributed by atoms with Crippen molar-refractivity contribution in [1.29, 1.82) is 0 Å². The molecule has 0 bridgehead atoms. The normalized spacial score (nSPS) is 13.0. The maximum absolute atomic E-state index is 2.88. The Morgan fingerprint density at radius 2 is 0.893 bits per heavy atom. The lowest BCUT2D eigenvalue weighted by atomic mass is 10.0. The Kier molecular flexibility index (Phi) is 21.6. The van der Waals surface area contributed by atoms with E-state index in [1.165, 1.54) is 129 Å². The fourth-order valence-corrected chi connectivity index (χ4v) is 4.10. The second-order valence-electron chi connectivity index (χ2n) is 8.96. The number of rotatable bonds is 22. The average molecular weight is 397 g/mol. The Bertz CT molecular complexity index is 276. The summed E-state index contributed by atoms with van der Waals surface area (Å²) in [5.74, 6) is 0. The van der Waals surface area contributed by atoms with E-state index in [1.807, 2.05) is 0 Å². The van der Waals surface area contributed by atoms with Gasteiger partial charge in [0.2, 0.25) is 0 Å². The summed E-state index contributed by atoms with van der Waals surface area (Å²) >= 11 is 0. The van der Waals surface area contributed by atoms with E-state index in [2.05, 4.69) is 44.4 Å². The van der Waals surface area contributed by atoms with Gasteiger partial charge in [0.15, 0.2) is 0 Å². The molecule has 0 N–H and O–H groups in total. The van der Waals surface area contributed by atoms with Gasteiger partial charge in [0.25, 0.3) is 0 Å². The summed E-state index contributed by atoms with van der Waals surface area (Å²) in [5.41, 5.74) is 0. The van der Waals surface area contributed by atoms with E-state index in [0.717, 1.165) is 6.04 Å². The first-order valence-electron chi connectivity index (χ1n) is 13.2. The molecule has 170 valence electrons. The third-order valence-corrected chi connectivity index (χ3v) is 6.13. The largest absolute Gasteiger partial charge is 0.302 e. The second-order valence-corrected chi connectivity index (χ2v) is 8.96. The SMILES string of the molecule is CCCCCCCC[C@@H](CN(CCCC)CCCC)N(CCCC)CCCC. The van der Waals surface area contributed by atoms with Crippen molar-refractivity contribution in [3.8, 4) is 0 Å². The zero-order valence-corrected chi connectivity index (χ0v) is 20.6. The van der Waals surface area contributed by atoms with E-state index >= 15 is 0 Å². The Labute approximate surface area is 179 Å². The van der Waals surface area contributed by atoms with Crippen LogP contribution < -0.4 is 0 Å². The molecule has 0 aliphatic heterocycles. The van der Waals surface area contributed by atoms with Crippen molar-refractivity contribution in [3.05, 3.63) is 0 Å². The predicted octanol–water partition coefficient (Wildman–Crippen LogP) is 7.91. The van der Waals surface area contributed by atoms with Gasteiger partial charge in [-0.05, 0) is 58.3 Å². The highest BCUT2D eigenvalue weighted by molar-refractivity contribution is 4.77. The maximum atomic E-state index is 2.88. The molecular weight excluding hydrogens is 340 g/mol. The lowest BCUT2D eigenvalue weighted by molar-refractivity contribution is 0.123. The van der Waals surface area contributed by atoms with E-state index in [9.17, 15) is 0 Å². The molecule has 28 heavy (non-hydrogen) atoms. The molecule has 2 nitrogen and oxygen atoms in total. The summed E-state index contributed by atoms with van der Waals surface area (Å²) in [5, 5.41) is 0. The molecule has 2 heteroatoms. The molecule has 0 heterocycles. The predicted molar refractivity (Wildman–Crippen MR) is 129 cm³/mol. The van der Waals surface area contributed by atoms with Crippen molar-refractivity contribution in [2.24, 2.45) is 0 Å². The summed E-state index contributed by atoms with van der Waals surface area (Å²) in [7, 11) is 0. The summed E-state index contributed by atoms with van der Waals surface area (Å²) in [4.78, 5) is 5.68. The Morgan fingerprint density at radius 3 is 1.39 bits per heavy atom. The summed E-state index contributed by atoms with van der Waals surface area (Å²) in [6, 6.07) is 0.776. The highest BCUT2D eigenvalue weighted by atomic mass is 15.2. The van der Waals surface area contributed by atoms with Gasteiger partial charge >= 0.3 is 0 Å². The number of hydrogen-bond acceptors (Lipinski definition) is 2. The quantitative estimate of drug-likeness (QED) is 0.171. The zero-order chi connectivity index (χ0) is 20.9. The lowest BCUT2D eigenvalue weighted by Gasteiger charge is -2.36. The fourth-order valence-electron chi connectivity index (χ4n) is 4.10. The molecule has 0 unspecified atom stereocenters. The minimum Gasteiger partial charge on any atom is -0.302 e. The summed E-state index contributed by atoms with van der Waals surface area (Å²) in [6.07, 6.45) is 20.7. The summed E-state index contributed by atoms with van der Waals surface area (Å²) in [6.45, 7) is 18.2. The molecule has 0 fully saturated rings. The van der Waals surface area contributed by atoms with Gasteiger partial charge in [0, 0.05) is 12.6 Å². The van der Waals surface area contributed by atoms with E-state index in [4.69, 9.17) is 0 Å². The molecule has 0 aliphatic rings. The first-order valence-corrected chi connectivity index (χ1v) is 13.2. The van der Waals surface area contributed by atoms with Gasteiger partial charge in [-0.2, -0.15) is 0 Å². The minimum atomic E-state index is 0.776. The van der Waals surface area contributed by atoms with Crippen LogP contribution in [-0.4, -0.2) is 48.6 Å². The highest BCUT2D eigenvalue weighted by Crippen LogP contribution is 2.16. The lowest BCUT2D eigenvalue weighted by Crippen LogP contribution is -2.45. The van der Waals surface area contributed by atoms with Gasteiger partial charge in [-0.3, -0.25) is 4.90 Å². The number of unbranched alkanes of at least 4 members (excludes halogenated alkanes) is 9. The molecule has 0 saturated carbocycles. The molecule has 0 rings (SSSR count). The van der Waals surface area contributed by atoms with Crippen LogP contribution in [0.15, 0.2) is 0 Å². The van der Waals surface area contributed by atoms with Crippen LogP contribution in [0, 0.1) is 0 Å². The van der Waals surface area contributed by atoms with Crippen LogP contribution in [-0.2, 0) is 0 Å². The van der Waals surface area contributed by atoms with Crippen molar-refractivity contribution < 1.29 is 0 Å². The highest BCUT2D eigenvalue weighted by Gasteiger charge is 2.20. The van der Waals surface area contributed by atoms with Crippen LogP contribution in [0.1, 0.15) is 131 Å². The van der Waals surface area contributed by atoms with Gasteiger partial charge in [-0.25, -0.2) is 0 Å². The second kappa shape index (κ2) is 21.6. The van der Waals surface area contributed by atoms with E-state index < -0.39 is 0 Å². The van der Waals surface area contributed by atoms with Crippen LogP contribution in [0.4, 0.5) is 0 Å². The van der Waals surface area contributed by atoms with E-state index in [-0.39, 0.29) is 0 Å². The standard InChI is InChI=1S/C26H56N2/c1-6-11-16-17-18-19-20-26(28(23-14-9-4)24-15-10-5)25-27(21-12-7-2)22-13-8-3/h26H,6-25H2,1-5H3/t26-/m0/s1. The molecular formula is C26H56N2. The first-order chi connectivity index (χ1) is 13.7. The Hall–Kier alpha value is -0.0800. The van der Waals surface area contributed by atoms with Crippen LogP contribution in [0.2, 0.25) is 0 Å². The first kappa shape index (κ1) is 27.9. The van der Waals surface area contributed by atoms with Crippen molar-refractivity contribution in [2.45, 2.75) is 137 Å². The van der Waals surface area contributed by atoms with E-state index in [1.54, 1.807) is 0 Å². The molecule has 0 spiro atoms. The minimum absolute atomic E-state index is 0.776. The van der Waals surface area contributed by atoms with Crippen molar-refractivity contribution in [2.75, 3.05) is 32.7 Å². The Balaban J connectivity index is 4.85. The van der Waals surface area contributed by atoms with Crippen LogP contribution in [0.25, 0.3) is 0 Å². The van der Waals surface area contributed by atoms with Crippen molar-refractivity contribution in [1.82, 2.24) is 9.80 Å². The summed E-state index contributed by atoms with van der Waals surface area (Å²) < 4.78 is 0. The van der Waals surface area contributed by atoms with Crippen molar-refractivity contribution in [3.63, 3.8) is 0 Å². The van der Waals surface area contributed by atoms with Gasteiger partial charge in [-0.15, -0.1) is 0 Å². The smallest absolute Gasteiger partial charge is 0.0223 e.